The lowest BCUT2D eigenvalue weighted by Crippen LogP contribution is -2.61. The minimum absolute atomic E-state index is 0.0981. The van der Waals surface area contributed by atoms with Gasteiger partial charge in [0.2, 0.25) is 5.91 Å². The van der Waals surface area contributed by atoms with Gasteiger partial charge in [-0.15, -0.1) is 0 Å². The normalized spacial score (nSPS) is 35.5. The first kappa shape index (κ1) is 19.6. The van der Waals surface area contributed by atoms with E-state index in [9.17, 15) is 14.4 Å². The highest BCUT2D eigenvalue weighted by Gasteiger charge is 2.52. The summed E-state index contributed by atoms with van der Waals surface area (Å²) in [6.07, 6.45) is 7.94. The van der Waals surface area contributed by atoms with Gasteiger partial charge >= 0.3 is 5.97 Å². The highest BCUT2D eigenvalue weighted by atomic mass is 16.5. The van der Waals surface area contributed by atoms with Crippen LogP contribution < -0.4 is 5.32 Å². The molecule has 2 amide bonds. The molecule has 5 fully saturated rings. The smallest absolute Gasteiger partial charge is 0.312 e. The summed E-state index contributed by atoms with van der Waals surface area (Å²) in [7, 11) is 0. The van der Waals surface area contributed by atoms with Gasteiger partial charge in [0, 0.05) is 18.5 Å². The zero-order chi connectivity index (χ0) is 20.9. The van der Waals surface area contributed by atoms with Crippen LogP contribution in [0.4, 0.5) is 0 Å². The maximum Gasteiger partial charge on any atom is 0.312 e. The monoisotopic (exact) mass is 414 g/mol. The summed E-state index contributed by atoms with van der Waals surface area (Å²) in [5, 5.41) is 3.26. The average molecular weight is 415 g/mol. The number of ether oxygens (including phenoxy) is 1. The first-order valence-corrected chi connectivity index (χ1v) is 11.2. The summed E-state index contributed by atoms with van der Waals surface area (Å²) in [5.41, 5.74) is -0.102. The van der Waals surface area contributed by atoms with Crippen LogP contribution in [0.3, 0.4) is 0 Å². The summed E-state index contributed by atoms with van der Waals surface area (Å²) in [4.78, 5) is 39.3. The zero-order valence-corrected chi connectivity index (χ0v) is 17.5. The number of hydrogen-bond donors (Lipinski definition) is 1. The van der Waals surface area contributed by atoms with E-state index in [0.717, 1.165) is 37.0 Å². The molecule has 1 N–H and O–H groups in total. The molecular weight excluding hydrogens is 384 g/mol. The van der Waals surface area contributed by atoms with E-state index >= 15 is 0 Å². The van der Waals surface area contributed by atoms with Gasteiger partial charge in [-0.25, -0.2) is 0 Å². The molecule has 1 saturated heterocycles. The molecule has 7 heteroatoms. The van der Waals surface area contributed by atoms with Crippen molar-refractivity contribution >= 4 is 17.8 Å². The van der Waals surface area contributed by atoms with Crippen molar-refractivity contribution in [3.8, 4) is 0 Å². The van der Waals surface area contributed by atoms with Gasteiger partial charge in [-0.05, 0) is 75.3 Å². The lowest BCUT2D eigenvalue weighted by Gasteiger charge is -2.57. The molecule has 5 aliphatic rings. The predicted octanol–water partition coefficient (Wildman–Crippen LogP) is 2.64. The van der Waals surface area contributed by atoms with E-state index in [4.69, 9.17) is 9.15 Å². The number of nitrogens with zero attached hydrogens (tertiary/aromatic N) is 1. The number of carbonyl (C=O) groups excluding carboxylic acids is 3. The van der Waals surface area contributed by atoms with Crippen LogP contribution >= 0.6 is 0 Å². The molecule has 7 nitrogen and oxygen atoms in total. The predicted molar refractivity (Wildman–Crippen MR) is 107 cm³/mol. The van der Waals surface area contributed by atoms with E-state index in [1.807, 2.05) is 0 Å². The van der Waals surface area contributed by atoms with Gasteiger partial charge in [0.25, 0.3) is 5.91 Å². The Labute approximate surface area is 176 Å². The molecule has 4 saturated carbocycles. The van der Waals surface area contributed by atoms with Crippen LogP contribution in [0.5, 0.6) is 0 Å². The molecule has 1 aromatic heterocycles. The molecule has 0 radical (unpaired) electrons. The Bertz CT molecular complexity index is 797. The molecule has 2 atom stereocenters. The van der Waals surface area contributed by atoms with E-state index in [2.05, 4.69) is 5.32 Å². The second kappa shape index (κ2) is 7.43. The molecule has 4 bridgehead atoms. The Morgan fingerprint density at radius 1 is 1.23 bits per heavy atom. The van der Waals surface area contributed by atoms with Crippen molar-refractivity contribution in [2.24, 2.45) is 23.7 Å². The molecule has 4 aliphatic carbocycles. The fourth-order valence-electron chi connectivity index (χ4n) is 6.62. The zero-order valence-electron chi connectivity index (χ0n) is 17.5. The van der Waals surface area contributed by atoms with Crippen molar-refractivity contribution in [1.29, 1.82) is 0 Å². The van der Waals surface area contributed by atoms with Gasteiger partial charge in [0.15, 0.2) is 6.10 Å². The molecule has 2 heterocycles. The van der Waals surface area contributed by atoms with Crippen LogP contribution in [0.15, 0.2) is 22.8 Å². The third kappa shape index (κ3) is 3.74. The second-order valence-electron chi connectivity index (χ2n) is 10.0. The fourth-order valence-corrected chi connectivity index (χ4v) is 6.62. The Morgan fingerprint density at radius 2 is 1.90 bits per heavy atom. The van der Waals surface area contributed by atoms with Gasteiger partial charge < -0.3 is 19.4 Å². The lowest BCUT2D eigenvalue weighted by atomic mass is 9.53. The van der Waals surface area contributed by atoms with E-state index < -0.39 is 18.0 Å². The largest absolute Gasteiger partial charge is 0.467 e. The number of carbonyl (C=O) groups is 3. The molecule has 1 aliphatic heterocycles. The number of hydrogen-bond acceptors (Lipinski definition) is 5. The molecule has 0 aromatic carbocycles. The van der Waals surface area contributed by atoms with Crippen molar-refractivity contribution in [1.82, 2.24) is 10.2 Å². The summed E-state index contributed by atoms with van der Waals surface area (Å²) in [6.45, 7) is 2.27. The second-order valence-corrected chi connectivity index (χ2v) is 10.0. The molecule has 0 spiro atoms. The van der Waals surface area contributed by atoms with Crippen LogP contribution in [-0.2, 0) is 25.7 Å². The standard InChI is InChI=1S/C23H30N2O5/c1-14(21(27)24-23-9-15-5-16(10-23)7-17(6-15)11-23)30-22(28)18-8-20(26)25(12-18)13-19-3-2-4-29-19/h2-4,14-18H,5-13H2,1H3,(H,24,27)/t14-,15?,16?,17?,18-,23?/m0/s1. The number of amides is 2. The molecular formula is C23H30N2O5. The molecule has 162 valence electrons. The average Bonchev–Trinajstić information content (AvgIpc) is 3.30. The summed E-state index contributed by atoms with van der Waals surface area (Å²) >= 11 is 0. The summed E-state index contributed by atoms with van der Waals surface area (Å²) in [5.74, 6) is 1.57. The number of rotatable bonds is 6. The third-order valence-electron chi connectivity index (χ3n) is 7.56. The summed E-state index contributed by atoms with van der Waals surface area (Å²) in [6, 6.07) is 3.57. The van der Waals surface area contributed by atoms with E-state index in [1.54, 1.807) is 30.2 Å². The highest BCUT2D eigenvalue weighted by Crippen LogP contribution is 2.55. The third-order valence-corrected chi connectivity index (χ3v) is 7.56. The van der Waals surface area contributed by atoms with Crippen molar-refractivity contribution in [2.45, 2.75) is 70.1 Å². The minimum Gasteiger partial charge on any atom is -0.467 e. The van der Waals surface area contributed by atoms with Gasteiger partial charge in [0.05, 0.1) is 18.7 Å². The molecule has 0 unspecified atom stereocenters. The lowest BCUT2D eigenvalue weighted by molar-refractivity contribution is -0.160. The Hall–Kier alpha value is -2.31. The summed E-state index contributed by atoms with van der Waals surface area (Å²) < 4.78 is 10.8. The van der Waals surface area contributed by atoms with Crippen LogP contribution in [0.25, 0.3) is 0 Å². The fraction of sp³-hybridized carbons (Fsp3) is 0.696. The number of nitrogens with one attached hydrogen (secondary N) is 1. The van der Waals surface area contributed by atoms with Crippen molar-refractivity contribution in [3.05, 3.63) is 24.2 Å². The number of furan rings is 1. The van der Waals surface area contributed by atoms with Gasteiger partial charge in [-0.3, -0.25) is 14.4 Å². The first-order chi connectivity index (χ1) is 14.4. The topological polar surface area (TPSA) is 88.9 Å². The van der Waals surface area contributed by atoms with Crippen molar-refractivity contribution in [2.75, 3.05) is 6.54 Å². The highest BCUT2D eigenvalue weighted by molar-refractivity contribution is 5.89. The Kier molecular flexibility index (Phi) is 4.86. The maximum absolute atomic E-state index is 12.8. The van der Waals surface area contributed by atoms with Crippen LogP contribution in [0.2, 0.25) is 0 Å². The van der Waals surface area contributed by atoms with Gasteiger partial charge in [0.1, 0.15) is 5.76 Å². The molecule has 6 rings (SSSR count). The number of likely N-dealkylation sites (tertiary alicyclic amines) is 1. The molecule has 30 heavy (non-hydrogen) atoms. The van der Waals surface area contributed by atoms with Crippen LogP contribution in [0, 0.1) is 23.7 Å². The minimum atomic E-state index is -0.847. The SMILES string of the molecule is C[C@H](OC(=O)[C@H]1CC(=O)N(Cc2ccco2)C1)C(=O)NC12CC3CC(CC(C3)C1)C2. The quantitative estimate of drug-likeness (QED) is 0.723. The first-order valence-electron chi connectivity index (χ1n) is 11.2. The van der Waals surface area contributed by atoms with Crippen molar-refractivity contribution in [3.63, 3.8) is 0 Å². The van der Waals surface area contributed by atoms with Crippen LogP contribution in [-0.4, -0.2) is 40.9 Å². The van der Waals surface area contributed by atoms with Crippen molar-refractivity contribution < 1.29 is 23.5 Å². The van der Waals surface area contributed by atoms with E-state index in [1.165, 1.54) is 19.3 Å². The maximum atomic E-state index is 12.8. The van der Waals surface area contributed by atoms with E-state index in [-0.39, 0.29) is 23.8 Å². The molecule has 1 aromatic rings. The van der Waals surface area contributed by atoms with Gasteiger partial charge in [-0.1, -0.05) is 0 Å². The Morgan fingerprint density at radius 3 is 2.50 bits per heavy atom. The van der Waals surface area contributed by atoms with Crippen LogP contribution in [0.1, 0.15) is 57.6 Å². The van der Waals surface area contributed by atoms with E-state index in [0.29, 0.717) is 18.8 Å². The van der Waals surface area contributed by atoms with Gasteiger partial charge in [-0.2, -0.15) is 0 Å². The number of esters is 1. The Balaban J connectivity index is 1.14.